The minimum atomic E-state index is 0.674. The molecule has 1 aliphatic heterocycles. The smallest absolute Gasteiger partial charge is 0.161 e. The van der Waals surface area contributed by atoms with Crippen molar-refractivity contribution in [2.75, 3.05) is 20.2 Å². The van der Waals surface area contributed by atoms with Crippen LogP contribution in [-0.4, -0.2) is 34.8 Å². The molecule has 0 saturated carbocycles. The molecule has 0 N–H and O–H groups in total. The van der Waals surface area contributed by atoms with Crippen molar-refractivity contribution in [2.45, 2.75) is 15.7 Å². The summed E-state index contributed by atoms with van der Waals surface area (Å²) in [6.07, 6.45) is 1.83. The van der Waals surface area contributed by atoms with E-state index in [-0.39, 0.29) is 0 Å². The zero-order valence-electron chi connectivity index (χ0n) is 16.5. The lowest BCUT2D eigenvalue weighted by atomic mass is 10.1. The molecule has 152 valence electrons. The van der Waals surface area contributed by atoms with Crippen LogP contribution in [0.15, 0.2) is 64.6 Å². The summed E-state index contributed by atoms with van der Waals surface area (Å²) in [6.45, 7) is 0. The molecule has 0 spiro atoms. The second-order valence-electron chi connectivity index (χ2n) is 6.63. The number of imidazole rings is 1. The predicted molar refractivity (Wildman–Crippen MR) is 119 cm³/mol. The van der Waals surface area contributed by atoms with Crippen LogP contribution in [0.2, 0.25) is 0 Å². The normalized spacial score (nSPS) is 12.6. The van der Waals surface area contributed by atoms with E-state index in [1.807, 2.05) is 41.0 Å². The second-order valence-corrected chi connectivity index (χ2v) is 8.59. The Bertz CT molecular complexity index is 1230. The third-order valence-corrected chi connectivity index (χ3v) is 6.72. The zero-order chi connectivity index (χ0) is 20.5. The van der Waals surface area contributed by atoms with Crippen molar-refractivity contribution in [3.63, 3.8) is 0 Å². The van der Waals surface area contributed by atoms with Gasteiger partial charge in [0.15, 0.2) is 17.1 Å². The molecular formula is C22H19N3O3S2. The molecule has 8 heteroatoms. The molecule has 0 radical (unpaired) electrons. The van der Waals surface area contributed by atoms with E-state index in [2.05, 4.69) is 23.2 Å². The van der Waals surface area contributed by atoms with Crippen LogP contribution >= 0.6 is 23.5 Å². The lowest BCUT2D eigenvalue weighted by Gasteiger charge is -2.09. The Balaban J connectivity index is 1.42. The second kappa shape index (κ2) is 8.12. The standard InChI is InChI=1S/C22H19N3O3S2/c1-26-17-5-4-15(10-18(17)27-2)16-11-23-21-7-8-22(24-25(16)21)29-12-14-3-6-20-19(9-14)28-13-30-20/h3-11H,12-13H2,1-2H3. The number of aromatic nitrogens is 3. The maximum absolute atomic E-state index is 5.65. The van der Waals surface area contributed by atoms with Crippen molar-refractivity contribution >= 4 is 29.2 Å². The fraction of sp³-hybridized carbons (Fsp3) is 0.182. The molecule has 0 unspecified atom stereocenters. The van der Waals surface area contributed by atoms with E-state index in [4.69, 9.17) is 19.3 Å². The van der Waals surface area contributed by atoms with Crippen LogP contribution in [0.5, 0.6) is 17.2 Å². The van der Waals surface area contributed by atoms with Crippen molar-refractivity contribution < 1.29 is 14.2 Å². The van der Waals surface area contributed by atoms with Gasteiger partial charge < -0.3 is 14.2 Å². The molecule has 0 aliphatic carbocycles. The Morgan fingerprint density at radius 3 is 2.83 bits per heavy atom. The first-order valence-electron chi connectivity index (χ1n) is 9.33. The number of hydrogen-bond donors (Lipinski definition) is 0. The molecule has 4 aromatic rings. The summed E-state index contributed by atoms with van der Waals surface area (Å²) in [5, 5.41) is 5.74. The van der Waals surface area contributed by atoms with Crippen LogP contribution in [-0.2, 0) is 5.75 Å². The van der Waals surface area contributed by atoms with Crippen LogP contribution in [0.1, 0.15) is 5.56 Å². The molecule has 6 nitrogen and oxygen atoms in total. The minimum absolute atomic E-state index is 0.674. The van der Waals surface area contributed by atoms with Crippen molar-refractivity contribution in [1.29, 1.82) is 0 Å². The Labute approximate surface area is 182 Å². The fourth-order valence-corrected chi connectivity index (χ4v) is 4.85. The summed E-state index contributed by atoms with van der Waals surface area (Å²) in [7, 11) is 3.26. The molecule has 2 aromatic carbocycles. The van der Waals surface area contributed by atoms with E-state index in [0.717, 1.165) is 33.4 Å². The van der Waals surface area contributed by atoms with E-state index in [1.165, 1.54) is 10.5 Å². The number of rotatable bonds is 6. The molecule has 1 aliphatic rings. The van der Waals surface area contributed by atoms with Gasteiger partial charge in [0.05, 0.1) is 31.0 Å². The van der Waals surface area contributed by atoms with Crippen LogP contribution in [0.3, 0.4) is 0 Å². The number of ether oxygens (including phenoxy) is 3. The maximum atomic E-state index is 5.65. The average molecular weight is 438 g/mol. The summed E-state index contributed by atoms with van der Waals surface area (Å²) in [5.74, 6) is 3.86. The minimum Gasteiger partial charge on any atom is -0.493 e. The fourth-order valence-electron chi connectivity index (χ4n) is 3.31. The first kappa shape index (κ1) is 19.1. The SMILES string of the molecule is COc1ccc(-c2cnc3ccc(SCc4ccc5c(c4)OCS5)nn23)cc1OC. The Kier molecular flexibility index (Phi) is 5.18. The topological polar surface area (TPSA) is 57.9 Å². The highest BCUT2D eigenvalue weighted by molar-refractivity contribution is 7.99. The van der Waals surface area contributed by atoms with Gasteiger partial charge in [-0.05, 0) is 48.0 Å². The predicted octanol–water partition coefficient (Wildman–Crippen LogP) is 5.15. The van der Waals surface area contributed by atoms with Gasteiger partial charge in [0.1, 0.15) is 16.7 Å². The van der Waals surface area contributed by atoms with Crippen molar-refractivity contribution in [2.24, 2.45) is 0 Å². The summed E-state index contributed by atoms with van der Waals surface area (Å²) >= 11 is 3.42. The lowest BCUT2D eigenvalue weighted by molar-refractivity contribution is 0.355. The quantitative estimate of drug-likeness (QED) is 0.387. The number of nitrogens with zero attached hydrogens (tertiary/aromatic N) is 3. The molecule has 0 saturated heterocycles. The highest BCUT2D eigenvalue weighted by Gasteiger charge is 2.14. The van der Waals surface area contributed by atoms with E-state index in [1.54, 1.807) is 37.7 Å². The van der Waals surface area contributed by atoms with Gasteiger partial charge in [0.25, 0.3) is 0 Å². The molecule has 0 atom stereocenters. The average Bonchev–Trinajstić information content (AvgIpc) is 3.43. The number of methoxy groups -OCH3 is 2. The van der Waals surface area contributed by atoms with Crippen LogP contribution in [0, 0.1) is 0 Å². The Morgan fingerprint density at radius 1 is 1.07 bits per heavy atom. The van der Waals surface area contributed by atoms with E-state index < -0.39 is 0 Å². The van der Waals surface area contributed by atoms with Gasteiger partial charge >= 0.3 is 0 Å². The van der Waals surface area contributed by atoms with E-state index in [9.17, 15) is 0 Å². The van der Waals surface area contributed by atoms with Crippen LogP contribution in [0.25, 0.3) is 16.9 Å². The number of thioether (sulfide) groups is 2. The van der Waals surface area contributed by atoms with E-state index >= 15 is 0 Å². The Morgan fingerprint density at radius 2 is 1.97 bits per heavy atom. The van der Waals surface area contributed by atoms with Gasteiger partial charge in [-0.3, -0.25) is 0 Å². The highest BCUT2D eigenvalue weighted by Crippen LogP contribution is 2.37. The lowest BCUT2D eigenvalue weighted by Crippen LogP contribution is -1.97. The third kappa shape index (κ3) is 3.57. The van der Waals surface area contributed by atoms with E-state index in [0.29, 0.717) is 17.4 Å². The van der Waals surface area contributed by atoms with Gasteiger partial charge in [0, 0.05) is 11.3 Å². The van der Waals surface area contributed by atoms with Gasteiger partial charge in [-0.25, -0.2) is 9.50 Å². The van der Waals surface area contributed by atoms with Crippen molar-refractivity contribution in [1.82, 2.24) is 14.6 Å². The van der Waals surface area contributed by atoms with Gasteiger partial charge in [-0.2, -0.15) is 5.10 Å². The molecule has 0 amide bonds. The van der Waals surface area contributed by atoms with Gasteiger partial charge in [-0.15, -0.1) is 0 Å². The van der Waals surface area contributed by atoms with Crippen molar-refractivity contribution in [3.8, 4) is 28.5 Å². The molecule has 2 aromatic heterocycles. The number of hydrogen-bond acceptors (Lipinski definition) is 7. The highest BCUT2D eigenvalue weighted by atomic mass is 32.2. The Hall–Kier alpha value is -2.84. The van der Waals surface area contributed by atoms with Crippen LogP contribution in [0.4, 0.5) is 0 Å². The zero-order valence-corrected chi connectivity index (χ0v) is 18.1. The molecule has 0 fully saturated rings. The molecular weight excluding hydrogens is 418 g/mol. The first-order valence-corrected chi connectivity index (χ1v) is 11.3. The molecule has 5 rings (SSSR count). The number of benzene rings is 2. The van der Waals surface area contributed by atoms with Crippen LogP contribution < -0.4 is 14.2 Å². The molecule has 0 bridgehead atoms. The monoisotopic (exact) mass is 437 g/mol. The molecule has 30 heavy (non-hydrogen) atoms. The summed E-state index contributed by atoms with van der Waals surface area (Å²) < 4.78 is 18.3. The first-order chi connectivity index (χ1) is 14.7. The van der Waals surface area contributed by atoms with Gasteiger partial charge in [0.2, 0.25) is 0 Å². The van der Waals surface area contributed by atoms with Gasteiger partial charge in [-0.1, -0.05) is 29.6 Å². The number of fused-ring (bicyclic) bond motifs is 2. The molecule has 3 heterocycles. The summed E-state index contributed by atoms with van der Waals surface area (Å²) in [5.41, 5.74) is 3.88. The summed E-state index contributed by atoms with van der Waals surface area (Å²) in [6, 6.07) is 16.2. The summed E-state index contributed by atoms with van der Waals surface area (Å²) in [4.78, 5) is 5.70. The third-order valence-electron chi connectivity index (χ3n) is 4.84. The largest absolute Gasteiger partial charge is 0.493 e. The maximum Gasteiger partial charge on any atom is 0.161 e. The van der Waals surface area contributed by atoms with Crippen molar-refractivity contribution in [3.05, 3.63) is 60.3 Å².